The zero-order valence-corrected chi connectivity index (χ0v) is 19.2. The second-order valence-corrected chi connectivity index (χ2v) is 8.88. The molecule has 8 nitrogen and oxygen atoms in total. The van der Waals surface area contributed by atoms with Crippen molar-refractivity contribution in [2.75, 3.05) is 6.61 Å². The van der Waals surface area contributed by atoms with E-state index < -0.39 is 11.6 Å². The monoisotopic (exact) mass is 469 g/mol. The average Bonchev–Trinajstić information content (AvgIpc) is 3.23. The summed E-state index contributed by atoms with van der Waals surface area (Å²) in [5.74, 6) is -0.0894. The number of rotatable bonds is 5. The van der Waals surface area contributed by atoms with Crippen molar-refractivity contribution in [3.8, 4) is 17.1 Å². The third-order valence-corrected chi connectivity index (χ3v) is 6.84. The van der Waals surface area contributed by atoms with E-state index in [1.54, 1.807) is 17.6 Å². The minimum atomic E-state index is -2.08. The topological polar surface area (TPSA) is 97.4 Å². The molecule has 0 fully saturated rings. The molecular formula is C27H23N3O5. The van der Waals surface area contributed by atoms with E-state index in [0.717, 1.165) is 28.8 Å². The van der Waals surface area contributed by atoms with Gasteiger partial charge in [0.15, 0.2) is 18.9 Å². The van der Waals surface area contributed by atoms with Crippen LogP contribution in [-0.2, 0) is 34.8 Å². The maximum absolute atomic E-state index is 13.3. The Hall–Kier alpha value is -4.04. The summed E-state index contributed by atoms with van der Waals surface area (Å²) >= 11 is 0. The van der Waals surface area contributed by atoms with Crippen LogP contribution in [-0.4, -0.2) is 22.1 Å². The molecule has 0 radical (unpaired) electrons. The summed E-state index contributed by atoms with van der Waals surface area (Å²) in [4.78, 5) is 30.3. The van der Waals surface area contributed by atoms with Crippen molar-refractivity contribution in [3.63, 3.8) is 0 Å². The molecule has 1 atom stereocenters. The first-order chi connectivity index (χ1) is 17.0. The molecule has 3 aromatic heterocycles. The maximum atomic E-state index is 13.3. The Morgan fingerprint density at radius 3 is 2.80 bits per heavy atom. The molecular weight excluding hydrogens is 446 g/mol. The molecule has 0 aliphatic carbocycles. The van der Waals surface area contributed by atoms with Crippen LogP contribution in [0.5, 0.6) is 5.75 Å². The van der Waals surface area contributed by atoms with Crippen molar-refractivity contribution in [1.82, 2.24) is 9.55 Å². The number of carbonyl (C=O) groups is 1. The quantitative estimate of drug-likeness (QED) is 0.288. The highest BCUT2D eigenvalue weighted by Gasteiger charge is 2.38. The number of hydrogen-bond donors (Lipinski definition) is 0. The van der Waals surface area contributed by atoms with Gasteiger partial charge in [0, 0.05) is 28.7 Å². The number of aromatic nitrogens is 3. The minimum Gasteiger partial charge on any atom is -0.838 e. The van der Waals surface area contributed by atoms with Crippen LogP contribution in [0.2, 0.25) is 0 Å². The van der Waals surface area contributed by atoms with Crippen molar-refractivity contribution in [2.24, 2.45) is 0 Å². The Morgan fingerprint density at radius 1 is 1.17 bits per heavy atom. The van der Waals surface area contributed by atoms with Crippen LogP contribution in [0.4, 0.5) is 0 Å². The van der Waals surface area contributed by atoms with Crippen LogP contribution in [0.3, 0.4) is 0 Å². The van der Waals surface area contributed by atoms with Gasteiger partial charge in [-0.15, -0.1) is 0 Å². The fraction of sp³-hybridized carbons (Fsp3) is 0.259. The van der Waals surface area contributed by atoms with Gasteiger partial charge in [-0.2, -0.15) is 0 Å². The molecule has 0 bridgehead atoms. The average molecular weight is 469 g/mol. The van der Waals surface area contributed by atoms with Crippen molar-refractivity contribution in [2.45, 2.75) is 38.6 Å². The van der Waals surface area contributed by atoms with E-state index in [9.17, 15) is 14.7 Å². The molecule has 2 aliphatic heterocycles. The summed E-state index contributed by atoms with van der Waals surface area (Å²) in [5, 5.41) is 14.2. The normalized spacial score (nSPS) is 18.1. The number of ether oxygens (including phenoxy) is 2. The minimum absolute atomic E-state index is 0.00525. The van der Waals surface area contributed by atoms with E-state index in [1.807, 2.05) is 54.9 Å². The molecule has 6 rings (SSSR count). The molecule has 0 unspecified atom stereocenters. The fourth-order valence-corrected chi connectivity index (χ4v) is 4.89. The van der Waals surface area contributed by atoms with E-state index in [0.29, 0.717) is 24.5 Å². The van der Waals surface area contributed by atoms with Gasteiger partial charge < -0.3 is 19.1 Å². The van der Waals surface area contributed by atoms with Gasteiger partial charge in [-0.3, -0.25) is 9.59 Å². The summed E-state index contributed by atoms with van der Waals surface area (Å²) in [6.07, 6.45) is 3.99. The van der Waals surface area contributed by atoms with Gasteiger partial charge in [-0.25, -0.2) is 9.55 Å². The predicted molar refractivity (Wildman–Crippen MR) is 124 cm³/mol. The second kappa shape index (κ2) is 8.02. The lowest BCUT2D eigenvalue weighted by atomic mass is 9.86. The summed E-state index contributed by atoms with van der Waals surface area (Å²) in [7, 11) is 0. The summed E-state index contributed by atoms with van der Waals surface area (Å²) < 4.78 is 14.7. The maximum Gasteiger partial charge on any atom is 0.300 e. The summed E-state index contributed by atoms with van der Waals surface area (Å²) in [6.45, 7) is 3.06. The van der Waals surface area contributed by atoms with Crippen LogP contribution < -0.4 is 20.0 Å². The molecule has 0 amide bonds. The van der Waals surface area contributed by atoms with E-state index in [-0.39, 0.29) is 29.7 Å². The van der Waals surface area contributed by atoms with Gasteiger partial charge in [-0.1, -0.05) is 19.4 Å². The highest BCUT2D eigenvalue weighted by atomic mass is 16.6. The van der Waals surface area contributed by atoms with E-state index in [2.05, 4.69) is 4.57 Å². The molecule has 0 saturated carbocycles. The van der Waals surface area contributed by atoms with Crippen LogP contribution >= 0.6 is 0 Å². The molecule has 5 heterocycles. The van der Waals surface area contributed by atoms with Crippen molar-refractivity contribution in [3.05, 3.63) is 88.0 Å². The van der Waals surface area contributed by atoms with Gasteiger partial charge in [0.2, 0.25) is 0 Å². The lowest BCUT2D eigenvalue weighted by Gasteiger charge is -2.41. The molecule has 0 N–H and O–H groups in total. The van der Waals surface area contributed by atoms with Gasteiger partial charge in [-0.05, 0) is 35.9 Å². The van der Waals surface area contributed by atoms with Crippen LogP contribution in [0, 0.1) is 0 Å². The highest BCUT2D eigenvalue weighted by Crippen LogP contribution is 2.37. The van der Waals surface area contributed by atoms with Crippen LogP contribution in [0.15, 0.2) is 65.7 Å². The lowest BCUT2D eigenvalue weighted by Crippen LogP contribution is -2.53. The number of nitrogens with zero attached hydrogens (tertiary/aromatic N) is 3. The highest BCUT2D eigenvalue weighted by molar-refractivity contribution is 5.86. The first-order valence-corrected chi connectivity index (χ1v) is 11.6. The van der Waals surface area contributed by atoms with Crippen molar-refractivity contribution in [1.29, 1.82) is 0 Å². The Labute approximate surface area is 201 Å². The number of fused-ring (bicyclic) bond motifs is 5. The fourth-order valence-electron chi connectivity index (χ4n) is 4.89. The van der Waals surface area contributed by atoms with Gasteiger partial charge in [0.1, 0.15) is 19.0 Å². The first-order valence-electron chi connectivity index (χ1n) is 11.6. The standard InChI is InChI=1S/C27H23N3O5/c1-2-27(33)21-14-23-24-18(15-30(23)25(31)20(21)16-35-26(27)32)12-17-13-19(6-7-22(17)28-24)34-11-10-29-8-4-3-5-9-29/h3-9,12-14H,2,10-11,15-16H2,1H3/t27-/m0/s1. The zero-order chi connectivity index (χ0) is 24.2. The Bertz CT molecular complexity index is 1550. The molecule has 35 heavy (non-hydrogen) atoms. The molecule has 0 spiro atoms. The third-order valence-electron chi connectivity index (χ3n) is 6.84. The third kappa shape index (κ3) is 3.40. The van der Waals surface area contributed by atoms with Gasteiger partial charge in [0.05, 0.1) is 29.0 Å². The first kappa shape index (κ1) is 21.5. The van der Waals surface area contributed by atoms with Gasteiger partial charge >= 0.3 is 0 Å². The predicted octanol–water partition coefficient (Wildman–Crippen LogP) is 1.81. The smallest absolute Gasteiger partial charge is 0.300 e. The number of esters is 1. The molecule has 8 heteroatoms. The van der Waals surface area contributed by atoms with E-state index in [4.69, 9.17) is 14.5 Å². The molecule has 1 aromatic carbocycles. The lowest BCUT2D eigenvalue weighted by molar-refractivity contribution is -0.697. The van der Waals surface area contributed by atoms with Crippen molar-refractivity contribution < 1.29 is 23.9 Å². The summed E-state index contributed by atoms with van der Waals surface area (Å²) in [5.41, 5.74) is 0.953. The Morgan fingerprint density at radius 2 is 2.00 bits per heavy atom. The number of cyclic esters (lactones) is 1. The van der Waals surface area contributed by atoms with E-state index >= 15 is 0 Å². The van der Waals surface area contributed by atoms with Gasteiger partial charge in [0.25, 0.3) is 11.5 Å². The van der Waals surface area contributed by atoms with Crippen LogP contribution in [0.25, 0.3) is 22.3 Å². The zero-order valence-electron chi connectivity index (χ0n) is 19.2. The molecule has 176 valence electrons. The number of benzene rings is 1. The number of hydrogen-bond acceptors (Lipinski definition) is 6. The van der Waals surface area contributed by atoms with E-state index in [1.165, 1.54) is 0 Å². The SMILES string of the molecule is CC[C@@]1([O-])C(=O)OCc2c1cc1n(c2=O)Cc2cc3cc(OCC[n+]4ccccc4)ccc3nc2-1. The summed E-state index contributed by atoms with van der Waals surface area (Å²) in [6, 6.07) is 15.3. The van der Waals surface area contributed by atoms with Crippen molar-refractivity contribution >= 4 is 16.9 Å². The Kier molecular flexibility index (Phi) is 4.93. The number of carbonyl (C=O) groups excluding carboxylic acids is 1. The molecule has 4 aromatic rings. The number of pyridine rings is 3. The second-order valence-electron chi connectivity index (χ2n) is 8.88. The molecule has 2 aliphatic rings. The van der Waals surface area contributed by atoms with Crippen LogP contribution in [0.1, 0.15) is 30.0 Å². The largest absolute Gasteiger partial charge is 0.838 e. The molecule has 0 saturated heterocycles. The Balaban J connectivity index is 1.34.